The zero-order valence-electron chi connectivity index (χ0n) is 13.5. The van der Waals surface area contributed by atoms with E-state index in [1.54, 1.807) is 0 Å². The molecule has 2 rings (SSSR count). The fraction of sp³-hybridized carbons (Fsp3) is 0.588. The summed E-state index contributed by atoms with van der Waals surface area (Å²) in [7, 11) is 0. The molecule has 0 aromatic heterocycles. The third kappa shape index (κ3) is 3.58. The number of hydrogen-bond acceptors (Lipinski definition) is 2. The Morgan fingerprint density at radius 1 is 1.29 bits per heavy atom. The summed E-state index contributed by atoms with van der Waals surface area (Å²) in [6.07, 6.45) is -0.0606. The van der Waals surface area contributed by atoms with E-state index in [2.05, 4.69) is 33.0 Å². The average molecular weight is 309 g/mol. The van der Waals surface area contributed by atoms with Crippen LogP contribution in [0.1, 0.15) is 46.3 Å². The first kappa shape index (κ1) is 16.3. The predicted molar refractivity (Wildman–Crippen MR) is 87.1 cm³/mol. The predicted octanol–water partition coefficient (Wildman–Crippen LogP) is 3.84. The van der Waals surface area contributed by atoms with E-state index in [-0.39, 0.29) is 23.5 Å². The van der Waals surface area contributed by atoms with E-state index in [1.165, 1.54) is 0 Å². The molecule has 1 aromatic rings. The van der Waals surface area contributed by atoms with Crippen molar-refractivity contribution in [2.24, 2.45) is 11.3 Å². The number of rotatable bonds is 3. The first-order valence-corrected chi connectivity index (χ1v) is 7.90. The summed E-state index contributed by atoms with van der Waals surface area (Å²) in [5.74, 6) is 0.592. The second-order valence-corrected chi connectivity index (χ2v) is 7.54. The number of carbonyl (C=O) groups is 1. The summed E-state index contributed by atoms with van der Waals surface area (Å²) in [6, 6.07) is 7.58. The second-order valence-electron chi connectivity index (χ2n) is 7.10. The van der Waals surface area contributed by atoms with Gasteiger partial charge in [-0.25, -0.2) is 0 Å². The van der Waals surface area contributed by atoms with Crippen LogP contribution < -0.4 is 5.32 Å². The Morgan fingerprint density at radius 3 is 2.38 bits per heavy atom. The highest BCUT2D eigenvalue weighted by atomic mass is 35.5. The molecular formula is C17H25ClN2O. The van der Waals surface area contributed by atoms with Crippen molar-refractivity contribution in [2.75, 3.05) is 6.54 Å². The van der Waals surface area contributed by atoms with Crippen LogP contribution in [0.2, 0.25) is 5.02 Å². The summed E-state index contributed by atoms with van der Waals surface area (Å²) in [5.41, 5.74) is 1.26. The summed E-state index contributed by atoms with van der Waals surface area (Å²) < 4.78 is 0. The van der Waals surface area contributed by atoms with E-state index >= 15 is 0 Å². The number of nitrogens with one attached hydrogen (secondary N) is 1. The Bertz CT molecular complexity index is 507. The number of hydrogen-bond donors (Lipinski definition) is 1. The van der Waals surface area contributed by atoms with Crippen molar-refractivity contribution >= 4 is 17.5 Å². The molecule has 21 heavy (non-hydrogen) atoms. The van der Waals surface area contributed by atoms with Crippen molar-refractivity contribution in [1.82, 2.24) is 10.2 Å². The van der Waals surface area contributed by atoms with Gasteiger partial charge in [-0.05, 0) is 36.0 Å². The van der Waals surface area contributed by atoms with Crippen LogP contribution in [0, 0.1) is 11.3 Å². The van der Waals surface area contributed by atoms with E-state index in [0.717, 1.165) is 12.1 Å². The monoisotopic (exact) mass is 308 g/mol. The molecule has 3 nitrogen and oxygen atoms in total. The number of nitrogens with zero attached hydrogens (tertiary/aromatic N) is 1. The first-order valence-electron chi connectivity index (χ1n) is 7.52. The van der Waals surface area contributed by atoms with Crippen molar-refractivity contribution in [3.63, 3.8) is 0 Å². The minimum Gasteiger partial charge on any atom is -0.321 e. The lowest BCUT2D eigenvalue weighted by atomic mass is 9.81. The number of carbonyl (C=O) groups excluding carboxylic acids is 1. The minimum absolute atomic E-state index is 0.0606. The van der Waals surface area contributed by atoms with Gasteiger partial charge in [-0.15, -0.1) is 0 Å². The van der Waals surface area contributed by atoms with Crippen LogP contribution in [-0.4, -0.2) is 23.4 Å². The van der Waals surface area contributed by atoms with Gasteiger partial charge in [-0.2, -0.15) is 0 Å². The molecular weight excluding hydrogens is 284 g/mol. The van der Waals surface area contributed by atoms with Crippen LogP contribution in [0.4, 0.5) is 0 Å². The van der Waals surface area contributed by atoms with Gasteiger partial charge < -0.3 is 4.90 Å². The minimum atomic E-state index is -0.141. The molecule has 1 aliphatic heterocycles. The second kappa shape index (κ2) is 5.98. The van der Waals surface area contributed by atoms with Crippen molar-refractivity contribution in [2.45, 2.75) is 46.8 Å². The molecule has 3 atom stereocenters. The molecule has 1 fully saturated rings. The molecule has 1 aliphatic rings. The highest BCUT2D eigenvalue weighted by Crippen LogP contribution is 2.32. The summed E-state index contributed by atoms with van der Waals surface area (Å²) in [6.45, 7) is 11.5. The molecule has 1 saturated heterocycles. The van der Waals surface area contributed by atoms with Gasteiger partial charge in [-0.3, -0.25) is 10.1 Å². The van der Waals surface area contributed by atoms with Crippen LogP contribution in [0.15, 0.2) is 24.3 Å². The van der Waals surface area contributed by atoms with Crippen LogP contribution in [0.3, 0.4) is 0 Å². The molecule has 4 heteroatoms. The van der Waals surface area contributed by atoms with Gasteiger partial charge >= 0.3 is 0 Å². The zero-order chi connectivity index (χ0) is 15.8. The van der Waals surface area contributed by atoms with Crippen molar-refractivity contribution < 1.29 is 4.79 Å². The Hall–Kier alpha value is -1.06. The molecule has 0 aliphatic carbocycles. The Morgan fingerprint density at radius 2 is 1.86 bits per heavy atom. The fourth-order valence-electron chi connectivity index (χ4n) is 2.46. The lowest BCUT2D eigenvalue weighted by Crippen LogP contribution is -2.38. The average Bonchev–Trinajstić information content (AvgIpc) is 2.67. The van der Waals surface area contributed by atoms with Crippen LogP contribution in [0.25, 0.3) is 0 Å². The standard InChI is InChI=1S/C17H25ClN2O/c1-11(17(3,4)5)10-20-15(19-12(2)16(20)21)13-6-8-14(18)9-7-13/h6-9,11-12,15,19H,10H2,1-5H3. The molecule has 0 saturated carbocycles. The maximum absolute atomic E-state index is 12.5. The third-order valence-electron chi connectivity index (χ3n) is 4.51. The smallest absolute Gasteiger partial charge is 0.241 e. The molecule has 3 unspecified atom stereocenters. The van der Waals surface area contributed by atoms with Crippen LogP contribution in [0.5, 0.6) is 0 Å². The van der Waals surface area contributed by atoms with Gasteiger partial charge in [0, 0.05) is 11.6 Å². The van der Waals surface area contributed by atoms with Crippen molar-refractivity contribution in [3.05, 3.63) is 34.9 Å². The number of amides is 1. The molecule has 1 aromatic carbocycles. The van der Waals surface area contributed by atoms with E-state index in [9.17, 15) is 4.79 Å². The first-order chi connectivity index (χ1) is 9.70. The SMILES string of the molecule is CC1NC(c2ccc(Cl)cc2)N(CC(C)C(C)(C)C)C1=O. The molecule has 1 N–H and O–H groups in total. The highest BCUT2D eigenvalue weighted by molar-refractivity contribution is 6.30. The van der Waals surface area contributed by atoms with Gasteiger partial charge in [0.25, 0.3) is 0 Å². The van der Waals surface area contributed by atoms with E-state index in [0.29, 0.717) is 10.9 Å². The van der Waals surface area contributed by atoms with Gasteiger partial charge in [0.15, 0.2) is 0 Å². The topological polar surface area (TPSA) is 32.3 Å². The molecule has 0 bridgehead atoms. The van der Waals surface area contributed by atoms with Gasteiger partial charge in [0.05, 0.1) is 6.04 Å². The molecule has 0 spiro atoms. The van der Waals surface area contributed by atoms with Crippen molar-refractivity contribution in [1.29, 1.82) is 0 Å². The van der Waals surface area contributed by atoms with Gasteiger partial charge in [0.1, 0.15) is 6.17 Å². The van der Waals surface area contributed by atoms with Crippen molar-refractivity contribution in [3.8, 4) is 0 Å². The fourth-order valence-corrected chi connectivity index (χ4v) is 2.59. The lowest BCUT2D eigenvalue weighted by molar-refractivity contribution is -0.130. The summed E-state index contributed by atoms with van der Waals surface area (Å²) >= 11 is 5.96. The van der Waals surface area contributed by atoms with E-state index in [1.807, 2.05) is 36.1 Å². The van der Waals surface area contributed by atoms with Gasteiger partial charge in [-0.1, -0.05) is 51.4 Å². The molecule has 1 heterocycles. The van der Waals surface area contributed by atoms with Gasteiger partial charge in [0.2, 0.25) is 5.91 Å². The largest absolute Gasteiger partial charge is 0.321 e. The molecule has 1 amide bonds. The van der Waals surface area contributed by atoms with E-state index in [4.69, 9.17) is 11.6 Å². The normalized spacial score (nSPS) is 24.5. The van der Waals surface area contributed by atoms with E-state index < -0.39 is 0 Å². The maximum Gasteiger partial charge on any atom is 0.241 e. The lowest BCUT2D eigenvalue weighted by Gasteiger charge is -2.33. The maximum atomic E-state index is 12.5. The summed E-state index contributed by atoms with van der Waals surface area (Å²) in [4.78, 5) is 14.4. The highest BCUT2D eigenvalue weighted by Gasteiger charge is 2.38. The molecule has 116 valence electrons. The molecule has 0 radical (unpaired) electrons. The third-order valence-corrected chi connectivity index (χ3v) is 4.76. The summed E-state index contributed by atoms with van der Waals surface area (Å²) in [5, 5.41) is 4.09. The van der Waals surface area contributed by atoms with Crippen LogP contribution in [-0.2, 0) is 4.79 Å². The van der Waals surface area contributed by atoms with Crippen LogP contribution >= 0.6 is 11.6 Å². The Kier molecular flexibility index (Phi) is 4.64. The quantitative estimate of drug-likeness (QED) is 0.920. The number of halogens is 1. The zero-order valence-corrected chi connectivity index (χ0v) is 14.2. The Balaban J connectivity index is 2.23. The number of benzene rings is 1. The Labute approximate surface area is 132 Å².